The van der Waals surface area contributed by atoms with Crippen LogP contribution in [0.25, 0.3) is 0 Å². The molecule has 1 fully saturated rings. The van der Waals surface area contributed by atoms with E-state index < -0.39 is 42.5 Å². The van der Waals surface area contributed by atoms with Crippen molar-refractivity contribution in [2.24, 2.45) is 5.73 Å². The van der Waals surface area contributed by atoms with Crippen LogP contribution in [0.2, 0.25) is 0 Å². The van der Waals surface area contributed by atoms with Gasteiger partial charge in [-0.05, 0) is 0 Å². The molecular formula is C9H16N2O7. The first-order chi connectivity index (χ1) is 8.23. The monoisotopic (exact) mass is 264 g/mol. The molecular weight excluding hydrogens is 248 g/mol. The van der Waals surface area contributed by atoms with Crippen molar-refractivity contribution in [3.63, 3.8) is 0 Å². The first-order valence-corrected chi connectivity index (χ1v) is 5.08. The fourth-order valence-electron chi connectivity index (χ4n) is 1.18. The van der Waals surface area contributed by atoms with Crippen molar-refractivity contribution in [1.82, 2.24) is 5.32 Å². The summed E-state index contributed by atoms with van der Waals surface area (Å²) < 4.78 is 0. The summed E-state index contributed by atoms with van der Waals surface area (Å²) in [5.41, 5.74) is 4.84. The van der Waals surface area contributed by atoms with Crippen LogP contribution in [-0.2, 0) is 14.4 Å². The number of rotatable bonds is 4. The third kappa shape index (κ3) is 6.78. The Morgan fingerprint density at radius 3 is 2.00 bits per heavy atom. The molecule has 18 heavy (non-hydrogen) atoms. The Labute approximate surface area is 102 Å². The van der Waals surface area contributed by atoms with Crippen LogP contribution in [-0.4, -0.2) is 63.1 Å². The summed E-state index contributed by atoms with van der Waals surface area (Å²) in [6.07, 6.45) is -0.684. The van der Waals surface area contributed by atoms with Crippen LogP contribution < -0.4 is 11.1 Å². The molecule has 0 aromatic carbocycles. The molecule has 1 heterocycles. The van der Waals surface area contributed by atoms with Crippen molar-refractivity contribution in [2.75, 3.05) is 6.54 Å². The molecule has 0 aromatic rings. The topological polar surface area (TPSA) is 170 Å². The van der Waals surface area contributed by atoms with Crippen LogP contribution in [0.3, 0.4) is 0 Å². The molecule has 3 atom stereocenters. The van der Waals surface area contributed by atoms with Gasteiger partial charge in [-0.1, -0.05) is 0 Å². The molecule has 0 unspecified atom stereocenters. The van der Waals surface area contributed by atoms with E-state index in [1.54, 1.807) is 0 Å². The van der Waals surface area contributed by atoms with Crippen LogP contribution >= 0.6 is 0 Å². The first-order valence-electron chi connectivity index (χ1n) is 5.08. The molecule has 0 aromatic heterocycles. The van der Waals surface area contributed by atoms with Gasteiger partial charge in [-0.25, -0.2) is 0 Å². The van der Waals surface area contributed by atoms with E-state index in [9.17, 15) is 14.4 Å². The zero-order valence-electron chi connectivity index (χ0n) is 9.44. The van der Waals surface area contributed by atoms with Crippen LogP contribution in [0.15, 0.2) is 0 Å². The molecule has 7 N–H and O–H groups in total. The van der Waals surface area contributed by atoms with Crippen molar-refractivity contribution >= 4 is 17.9 Å². The van der Waals surface area contributed by atoms with Gasteiger partial charge in [0.25, 0.3) is 0 Å². The van der Waals surface area contributed by atoms with Gasteiger partial charge >= 0.3 is 17.9 Å². The SMILES string of the molecule is N[C@@H](CC(=O)O)C(=O)O.O=C(O)[C@@H]1C[C@@H](O)CN1. The van der Waals surface area contributed by atoms with Gasteiger partial charge in [-0.15, -0.1) is 0 Å². The fourth-order valence-corrected chi connectivity index (χ4v) is 1.18. The van der Waals surface area contributed by atoms with E-state index in [2.05, 4.69) is 5.32 Å². The number of carboxylic acids is 3. The summed E-state index contributed by atoms with van der Waals surface area (Å²) >= 11 is 0. The second-order valence-corrected chi connectivity index (χ2v) is 3.73. The zero-order valence-corrected chi connectivity index (χ0v) is 9.44. The van der Waals surface area contributed by atoms with E-state index >= 15 is 0 Å². The van der Waals surface area contributed by atoms with E-state index in [4.69, 9.17) is 26.2 Å². The Morgan fingerprint density at radius 2 is 1.83 bits per heavy atom. The van der Waals surface area contributed by atoms with Crippen molar-refractivity contribution in [3.8, 4) is 0 Å². The molecule has 1 rings (SSSR count). The van der Waals surface area contributed by atoms with Crippen molar-refractivity contribution in [3.05, 3.63) is 0 Å². The number of carbonyl (C=O) groups is 3. The molecule has 0 spiro atoms. The van der Waals surface area contributed by atoms with Gasteiger partial charge in [0.1, 0.15) is 12.1 Å². The predicted molar refractivity (Wildman–Crippen MR) is 57.9 cm³/mol. The highest BCUT2D eigenvalue weighted by Gasteiger charge is 2.27. The highest BCUT2D eigenvalue weighted by Crippen LogP contribution is 2.05. The fraction of sp³-hybridized carbons (Fsp3) is 0.667. The Hall–Kier alpha value is -1.71. The minimum Gasteiger partial charge on any atom is -0.481 e. The first kappa shape index (κ1) is 16.3. The van der Waals surface area contributed by atoms with E-state index in [1.165, 1.54) is 0 Å². The number of hydrogen-bond donors (Lipinski definition) is 6. The Balaban J connectivity index is 0.000000321. The quantitative estimate of drug-likeness (QED) is 0.325. The lowest BCUT2D eigenvalue weighted by Crippen LogP contribution is -2.32. The number of aliphatic carboxylic acids is 3. The van der Waals surface area contributed by atoms with Gasteiger partial charge in [-0.2, -0.15) is 0 Å². The summed E-state index contributed by atoms with van der Waals surface area (Å²) in [6.45, 7) is 0.400. The molecule has 0 radical (unpaired) electrons. The summed E-state index contributed by atoms with van der Waals surface area (Å²) in [7, 11) is 0. The van der Waals surface area contributed by atoms with Gasteiger partial charge in [0.2, 0.25) is 0 Å². The lowest BCUT2D eigenvalue weighted by Gasteiger charge is -1.99. The second kappa shape index (κ2) is 7.58. The van der Waals surface area contributed by atoms with Crippen molar-refractivity contribution in [2.45, 2.75) is 31.0 Å². The molecule has 9 heteroatoms. The number of aliphatic hydroxyl groups is 1. The summed E-state index contributed by atoms with van der Waals surface area (Å²) in [5.74, 6) is -3.38. The average molecular weight is 264 g/mol. The van der Waals surface area contributed by atoms with Crippen LogP contribution in [0.4, 0.5) is 0 Å². The molecule has 9 nitrogen and oxygen atoms in total. The number of aliphatic hydroxyl groups excluding tert-OH is 1. The maximum atomic E-state index is 10.2. The molecule has 104 valence electrons. The number of carboxylic acid groups (broad SMARTS) is 3. The summed E-state index contributed by atoms with van der Waals surface area (Å²) in [6, 6.07) is -1.83. The Bertz CT molecular complexity index is 320. The van der Waals surface area contributed by atoms with E-state index in [1.807, 2.05) is 0 Å². The zero-order chi connectivity index (χ0) is 14.3. The second-order valence-electron chi connectivity index (χ2n) is 3.73. The summed E-state index contributed by atoms with van der Waals surface area (Å²) in [4.78, 5) is 29.8. The molecule has 1 aliphatic heterocycles. The van der Waals surface area contributed by atoms with Gasteiger partial charge in [0.05, 0.1) is 12.5 Å². The molecule has 0 bridgehead atoms. The minimum atomic E-state index is -1.29. The number of β-amino-alcohol motifs (C(OH)–C–C–N with tert-alkyl or cyclic N) is 1. The lowest BCUT2D eigenvalue weighted by molar-refractivity contribution is -0.144. The Morgan fingerprint density at radius 1 is 1.28 bits per heavy atom. The maximum Gasteiger partial charge on any atom is 0.321 e. The molecule has 0 saturated carbocycles. The van der Waals surface area contributed by atoms with Gasteiger partial charge in [-0.3, -0.25) is 14.4 Å². The molecule has 0 amide bonds. The number of nitrogens with one attached hydrogen (secondary N) is 1. The van der Waals surface area contributed by atoms with E-state index in [0.29, 0.717) is 13.0 Å². The van der Waals surface area contributed by atoms with Gasteiger partial charge < -0.3 is 31.5 Å². The van der Waals surface area contributed by atoms with Crippen LogP contribution in [0.5, 0.6) is 0 Å². The van der Waals surface area contributed by atoms with E-state index in [0.717, 1.165) is 0 Å². The largest absolute Gasteiger partial charge is 0.481 e. The highest BCUT2D eigenvalue weighted by molar-refractivity contribution is 5.80. The predicted octanol–water partition coefficient (Wildman–Crippen LogP) is -2.33. The molecule has 1 aliphatic rings. The van der Waals surface area contributed by atoms with Crippen molar-refractivity contribution < 1.29 is 34.8 Å². The van der Waals surface area contributed by atoms with Gasteiger partial charge in [0, 0.05) is 13.0 Å². The lowest BCUT2D eigenvalue weighted by atomic mass is 10.2. The third-order valence-electron chi connectivity index (χ3n) is 2.12. The maximum absolute atomic E-state index is 10.2. The van der Waals surface area contributed by atoms with Gasteiger partial charge in [0.15, 0.2) is 0 Å². The Kier molecular flexibility index (Phi) is 6.86. The van der Waals surface area contributed by atoms with Crippen molar-refractivity contribution in [1.29, 1.82) is 0 Å². The minimum absolute atomic E-state index is 0.329. The summed E-state index contributed by atoms with van der Waals surface area (Å²) in [5, 5.41) is 35.9. The molecule has 0 aliphatic carbocycles. The average Bonchev–Trinajstić information content (AvgIpc) is 2.64. The highest BCUT2D eigenvalue weighted by atomic mass is 16.4. The molecule has 1 saturated heterocycles. The smallest absolute Gasteiger partial charge is 0.321 e. The van der Waals surface area contributed by atoms with Crippen LogP contribution in [0.1, 0.15) is 12.8 Å². The number of nitrogens with two attached hydrogens (primary N) is 1. The third-order valence-corrected chi connectivity index (χ3v) is 2.12. The number of hydrogen-bond acceptors (Lipinski definition) is 6. The normalized spacial score (nSPS) is 23.7. The standard InChI is InChI=1S/C5H9NO3.C4H7NO4/c7-3-1-4(5(8)9)6-2-3;5-2(4(8)9)1-3(6)7/h3-4,6-7H,1-2H2,(H,8,9);2H,1,5H2,(H,6,7)(H,8,9)/t3-,4+;2-/m10/s1. The van der Waals surface area contributed by atoms with E-state index in [-0.39, 0.29) is 0 Å². The van der Waals surface area contributed by atoms with Crippen LogP contribution in [0, 0.1) is 0 Å².